The molecule has 0 radical (unpaired) electrons. The standard InChI is InChI=1S/C27H24O4.C17H16O2.C10H9ClO2.C6H15N/c28-17-19-9-7-18(8-10-19)11-12-24(30)31-23-6-2-4-21-14-16-27(26(21)23)15-13-20-3-1-5-22(29)25(20)27;18-13-5-1-3-11-7-9-17(15(11)13)10-8-12-4-2-6-14(19)16(12)17;11-10(13)6-5-8-1-3-9(7-12)4-2-8;1-4-7(5-2)6-3/h1-12,28-29H,13-17H2;1-6,18-19H,7-10H2;1-6,12H,7H2;4-6H2,1-3H3/b12-11+;;6-5+;/t27-;;;/m1.../s1. The summed E-state index contributed by atoms with van der Waals surface area (Å²) in [6.45, 7) is 10.1. The molecule has 2 spiro atoms. The lowest BCUT2D eigenvalue weighted by atomic mass is 9.76. The van der Waals surface area contributed by atoms with Crippen molar-refractivity contribution in [2.45, 2.75) is 96.2 Å². The minimum absolute atomic E-state index is 0.00835. The van der Waals surface area contributed by atoms with Crippen molar-refractivity contribution in [2.24, 2.45) is 0 Å². The molecular formula is C60H64ClNO8. The van der Waals surface area contributed by atoms with Crippen molar-refractivity contribution in [1.82, 2.24) is 4.90 Å². The van der Waals surface area contributed by atoms with Gasteiger partial charge in [-0.15, -0.1) is 0 Å². The number of ether oxygens (including phenoxy) is 1. The quantitative estimate of drug-likeness (QED) is 0.0392. The van der Waals surface area contributed by atoms with Crippen LogP contribution in [0.2, 0.25) is 0 Å². The van der Waals surface area contributed by atoms with Crippen LogP contribution in [0.5, 0.6) is 23.0 Å². The van der Waals surface area contributed by atoms with Crippen molar-refractivity contribution in [3.63, 3.8) is 0 Å². The monoisotopic (exact) mass is 961 g/mol. The molecule has 4 aliphatic rings. The first-order valence-corrected chi connectivity index (χ1v) is 24.7. The van der Waals surface area contributed by atoms with Gasteiger partial charge in [-0.25, -0.2) is 4.79 Å². The van der Waals surface area contributed by atoms with E-state index in [0.717, 1.165) is 95.9 Å². The number of hydrogen-bond donors (Lipinski definition) is 5. The molecule has 0 aromatic heterocycles. The minimum atomic E-state index is -0.494. The summed E-state index contributed by atoms with van der Waals surface area (Å²) < 4.78 is 5.82. The van der Waals surface area contributed by atoms with E-state index in [1.807, 2.05) is 66.7 Å². The van der Waals surface area contributed by atoms with Crippen LogP contribution in [0.4, 0.5) is 0 Å². The van der Waals surface area contributed by atoms with Crippen molar-refractivity contribution in [3.05, 3.63) is 200 Å². The highest BCUT2D eigenvalue weighted by Crippen LogP contribution is 2.58. The number of rotatable bonds is 10. The molecule has 0 saturated carbocycles. The van der Waals surface area contributed by atoms with Crippen LogP contribution >= 0.6 is 11.6 Å². The molecule has 6 aromatic carbocycles. The van der Waals surface area contributed by atoms with Gasteiger partial charge in [-0.3, -0.25) is 4.79 Å². The SMILES string of the molecule is CCN(CC)CC.O=C(/C=C/c1ccc(CO)cc1)Oc1cccc2c1[C@]1(CCc3cccc(O)c31)CC2.O=C(Cl)/C=C/c1ccc(CO)cc1.Oc1cccc2c1C1(CC2)CCc2cccc(O)c21. The molecule has 364 valence electrons. The third kappa shape index (κ3) is 11.2. The number of aliphatic hydroxyl groups is 2. The van der Waals surface area contributed by atoms with Crippen LogP contribution in [0.15, 0.2) is 133 Å². The van der Waals surface area contributed by atoms with Gasteiger partial charge in [0, 0.05) is 39.2 Å². The van der Waals surface area contributed by atoms with Gasteiger partial charge in [0.1, 0.15) is 23.0 Å². The summed E-state index contributed by atoms with van der Waals surface area (Å²) >= 11 is 5.12. The molecule has 0 aliphatic heterocycles. The normalized spacial score (nSPS) is 16.4. The first-order chi connectivity index (χ1) is 33.9. The largest absolute Gasteiger partial charge is 0.508 e. The molecule has 1 atom stereocenters. The molecule has 5 N–H and O–H groups in total. The first-order valence-electron chi connectivity index (χ1n) is 24.4. The molecule has 0 saturated heterocycles. The highest BCUT2D eigenvalue weighted by molar-refractivity contribution is 6.66. The van der Waals surface area contributed by atoms with E-state index in [0.29, 0.717) is 23.0 Å². The fourth-order valence-corrected chi connectivity index (χ4v) is 11.0. The van der Waals surface area contributed by atoms with Gasteiger partial charge in [0.05, 0.1) is 13.2 Å². The average Bonchev–Trinajstić information content (AvgIpc) is 4.17. The molecule has 0 bridgehead atoms. The van der Waals surface area contributed by atoms with Crippen molar-refractivity contribution >= 4 is 35.0 Å². The smallest absolute Gasteiger partial charge is 0.336 e. The van der Waals surface area contributed by atoms with E-state index >= 15 is 0 Å². The number of allylic oxidation sites excluding steroid dienone is 1. The van der Waals surface area contributed by atoms with Gasteiger partial charge in [0.2, 0.25) is 5.24 Å². The highest BCUT2D eigenvalue weighted by atomic mass is 35.5. The molecule has 0 heterocycles. The van der Waals surface area contributed by atoms with Gasteiger partial charge in [0.15, 0.2) is 0 Å². The number of nitrogens with zero attached hydrogens (tertiary/aromatic N) is 1. The van der Waals surface area contributed by atoms with Crippen molar-refractivity contribution in [3.8, 4) is 23.0 Å². The van der Waals surface area contributed by atoms with Crippen LogP contribution in [0.25, 0.3) is 12.2 Å². The van der Waals surface area contributed by atoms with Gasteiger partial charge in [-0.05, 0) is 164 Å². The van der Waals surface area contributed by atoms with Gasteiger partial charge in [-0.1, -0.05) is 124 Å². The maximum atomic E-state index is 12.6. The fourth-order valence-electron chi connectivity index (χ4n) is 11.0. The van der Waals surface area contributed by atoms with Gasteiger partial charge in [-0.2, -0.15) is 0 Å². The van der Waals surface area contributed by atoms with E-state index < -0.39 is 11.2 Å². The summed E-state index contributed by atoms with van der Waals surface area (Å²) in [7, 11) is 0. The predicted octanol–water partition coefficient (Wildman–Crippen LogP) is 11.3. The van der Waals surface area contributed by atoms with Crippen LogP contribution in [-0.4, -0.2) is 61.3 Å². The van der Waals surface area contributed by atoms with E-state index in [4.69, 9.17) is 26.6 Å². The molecular weight excluding hydrogens is 898 g/mol. The van der Waals surface area contributed by atoms with Crippen LogP contribution in [0.1, 0.15) is 113 Å². The number of hydrogen-bond acceptors (Lipinski definition) is 9. The van der Waals surface area contributed by atoms with Crippen molar-refractivity contribution < 1.29 is 39.9 Å². The Balaban J connectivity index is 0.000000157. The Hall–Kier alpha value is -6.49. The molecule has 9 nitrogen and oxygen atoms in total. The second-order valence-electron chi connectivity index (χ2n) is 18.2. The molecule has 0 fully saturated rings. The molecule has 10 heteroatoms. The van der Waals surface area contributed by atoms with Crippen LogP contribution in [0, 0.1) is 0 Å². The fraction of sp³-hybridized carbons (Fsp3) is 0.300. The van der Waals surface area contributed by atoms with E-state index in [2.05, 4.69) is 49.9 Å². The number of fused-ring (bicyclic) bond motifs is 8. The van der Waals surface area contributed by atoms with Crippen LogP contribution < -0.4 is 4.74 Å². The number of aliphatic hydroxyl groups excluding tert-OH is 2. The predicted molar refractivity (Wildman–Crippen MR) is 278 cm³/mol. The summed E-state index contributed by atoms with van der Waals surface area (Å²) in [5, 5.41) is 48.7. The van der Waals surface area contributed by atoms with E-state index in [-0.39, 0.29) is 24.0 Å². The number of benzene rings is 6. The van der Waals surface area contributed by atoms with E-state index in [1.54, 1.807) is 42.5 Å². The molecule has 70 heavy (non-hydrogen) atoms. The Bertz CT molecular complexity index is 2760. The maximum Gasteiger partial charge on any atom is 0.336 e. The Kier molecular flexibility index (Phi) is 17.2. The summed E-state index contributed by atoms with van der Waals surface area (Å²) in [6, 6.07) is 37.7. The molecule has 10 rings (SSSR count). The molecule has 6 aromatic rings. The lowest BCUT2D eigenvalue weighted by Gasteiger charge is -2.28. The van der Waals surface area contributed by atoms with Gasteiger partial charge in [0.25, 0.3) is 0 Å². The number of halogens is 1. The first kappa shape index (κ1) is 51.4. The Labute approximate surface area is 417 Å². The number of aryl methyl sites for hydroxylation is 4. The Morgan fingerprint density at radius 1 is 0.529 bits per heavy atom. The van der Waals surface area contributed by atoms with Gasteiger partial charge < -0.3 is 35.2 Å². The molecule has 0 unspecified atom stereocenters. The Morgan fingerprint density at radius 3 is 1.24 bits per heavy atom. The number of phenolic OH excluding ortho intramolecular Hbond substituents is 3. The van der Waals surface area contributed by atoms with Gasteiger partial charge >= 0.3 is 5.97 Å². The van der Waals surface area contributed by atoms with Crippen LogP contribution in [-0.2, 0) is 59.3 Å². The summed E-state index contributed by atoms with van der Waals surface area (Å²) in [5.74, 6) is 1.24. The third-order valence-corrected chi connectivity index (χ3v) is 14.5. The second-order valence-corrected chi connectivity index (χ2v) is 18.6. The van der Waals surface area contributed by atoms with E-state index in [9.17, 15) is 24.9 Å². The van der Waals surface area contributed by atoms with E-state index in [1.165, 1.54) is 54.0 Å². The molecule has 0 amide bonds. The van der Waals surface area contributed by atoms with Crippen LogP contribution in [0.3, 0.4) is 0 Å². The number of phenols is 3. The second kappa shape index (κ2) is 23.4. The number of carbonyl (C=O) groups is 2. The zero-order chi connectivity index (χ0) is 49.8. The summed E-state index contributed by atoms with van der Waals surface area (Å²) in [5.41, 5.74) is 11.9. The average molecular weight is 963 g/mol. The topological polar surface area (TPSA) is 148 Å². The lowest BCUT2D eigenvalue weighted by molar-refractivity contribution is -0.129. The number of esters is 1. The molecule has 4 aliphatic carbocycles. The van der Waals surface area contributed by atoms with Crippen molar-refractivity contribution in [1.29, 1.82) is 0 Å². The zero-order valence-corrected chi connectivity index (χ0v) is 41.1. The third-order valence-electron chi connectivity index (χ3n) is 14.4. The Morgan fingerprint density at radius 2 is 0.886 bits per heavy atom. The minimum Gasteiger partial charge on any atom is -0.508 e. The maximum absolute atomic E-state index is 12.6. The summed E-state index contributed by atoms with van der Waals surface area (Å²) in [6.07, 6.45) is 13.6. The highest BCUT2D eigenvalue weighted by Gasteiger charge is 2.49. The number of aromatic hydroxyl groups is 3. The lowest BCUT2D eigenvalue weighted by Crippen LogP contribution is -2.23. The zero-order valence-electron chi connectivity index (χ0n) is 40.3. The number of carbonyl (C=O) groups excluding carboxylic acids is 2. The van der Waals surface area contributed by atoms with Crippen molar-refractivity contribution in [2.75, 3.05) is 19.6 Å². The summed E-state index contributed by atoms with van der Waals surface area (Å²) in [4.78, 5) is 25.4.